The van der Waals surface area contributed by atoms with Crippen LogP contribution in [0.15, 0.2) is 84.9 Å². The topological polar surface area (TPSA) is 123 Å². The van der Waals surface area contributed by atoms with Crippen molar-refractivity contribution in [2.45, 2.75) is 27.2 Å². The zero-order valence-electron chi connectivity index (χ0n) is 28.7. The Kier molecular flexibility index (Phi) is 14.6. The third-order valence-electron chi connectivity index (χ3n) is 7.70. The van der Waals surface area contributed by atoms with Crippen molar-refractivity contribution >= 4 is 46.8 Å². The predicted molar refractivity (Wildman–Crippen MR) is 195 cm³/mol. The van der Waals surface area contributed by atoms with Crippen molar-refractivity contribution in [2.75, 3.05) is 46.1 Å². The SMILES string of the molecule is CCCOCCN1C(=O)c2ccccc2C1=O.Cc1ccc(Cl)c(O)c1.Cc1ccc(Cl)c(OCCOCCN2C(=O)c3ccccc3C2=O)c1. The van der Waals surface area contributed by atoms with Gasteiger partial charge in [-0.3, -0.25) is 29.0 Å². The molecule has 12 heteroatoms. The Bertz CT molecular complexity index is 1790. The molecule has 0 fully saturated rings. The average Bonchev–Trinajstić information content (AvgIpc) is 3.52. The molecule has 0 radical (unpaired) electrons. The lowest BCUT2D eigenvalue weighted by Crippen LogP contribution is -2.33. The van der Waals surface area contributed by atoms with Crippen LogP contribution in [0, 0.1) is 13.8 Å². The van der Waals surface area contributed by atoms with Crippen molar-refractivity contribution in [1.29, 1.82) is 0 Å². The van der Waals surface area contributed by atoms with Crippen LogP contribution in [-0.2, 0) is 9.47 Å². The molecule has 4 aromatic rings. The van der Waals surface area contributed by atoms with E-state index in [1.807, 2.05) is 39.0 Å². The van der Waals surface area contributed by atoms with Crippen LogP contribution in [0.3, 0.4) is 0 Å². The third-order valence-corrected chi connectivity index (χ3v) is 8.33. The van der Waals surface area contributed by atoms with E-state index in [-0.39, 0.29) is 42.5 Å². The number of phenolic OH excluding ortho intramolecular Hbond substituents is 1. The van der Waals surface area contributed by atoms with E-state index in [1.165, 1.54) is 9.80 Å². The number of imide groups is 2. The molecular weight excluding hydrogens is 695 g/mol. The molecule has 1 N–H and O–H groups in total. The maximum absolute atomic E-state index is 12.2. The van der Waals surface area contributed by atoms with Gasteiger partial charge in [0.05, 0.1) is 65.2 Å². The molecular formula is C39H40Cl2N2O8. The van der Waals surface area contributed by atoms with Crippen LogP contribution in [0.4, 0.5) is 0 Å². The van der Waals surface area contributed by atoms with Gasteiger partial charge in [0.2, 0.25) is 0 Å². The number of aromatic hydroxyl groups is 1. The molecule has 0 saturated heterocycles. The summed E-state index contributed by atoms with van der Waals surface area (Å²) in [5.41, 5.74) is 3.96. The number of ether oxygens (including phenoxy) is 3. The number of aryl methyl sites for hydroxylation is 2. The molecule has 268 valence electrons. The molecule has 0 bridgehead atoms. The largest absolute Gasteiger partial charge is 0.506 e. The number of rotatable bonds is 12. The van der Waals surface area contributed by atoms with Crippen LogP contribution >= 0.6 is 23.2 Å². The van der Waals surface area contributed by atoms with Gasteiger partial charge >= 0.3 is 0 Å². The minimum atomic E-state index is -0.271. The molecule has 4 amide bonds. The monoisotopic (exact) mass is 734 g/mol. The second-order valence-electron chi connectivity index (χ2n) is 11.6. The molecule has 2 heterocycles. The van der Waals surface area contributed by atoms with Crippen LogP contribution in [-0.4, -0.2) is 84.7 Å². The molecule has 4 aromatic carbocycles. The second-order valence-corrected chi connectivity index (χ2v) is 12.4. The van der Waals surface area contributed by atoms with Crippen LogP contribution in [0.1, 0.15) is 65.9 Å². The maximum atomic E-state index is 12.2. The van der Waals surface area contributed by atoms with E-state index in [1.54, 1.807) is 66.7 Å². The summed E-state index contributed by atoms with van der Waals surface area (Å²) in [4.78, 5) is 50.7. The van der Waals surface area contributed by atoms with Crippen molar-refractivity contribution in [1.82, 2.24) is 9.80 Å². The van der Waals surface area contributed by atoms with Crippen molar-refractivity contribution in [3.63, 3.8) is 0 Å². The Labute approximate surface area is 307 Å². The first kappa shape index (κ1) is 39.1. The van der Waals surface area contributed by atoms with Crippen molar-refractivity contribution < 1.29 is 38.5 Å². The number of fused-ring (bicyclic) bond motifs is 2. The number of halogens is 2. The van der Waals surface area contributed by atoms with E-state index in [9.17, 15) is 19.2 Å². The number of benzene rings is 4. The fraction of sp³-hybridized carbons (Fsp3) is 0.282. The van der Waals surface area contributed by atoms with Gasteiger partial charge in [-0.2, -0.15) is 0 Å². The minimum absolute atomic E-state index is 0.150. The van der Waals surface area contributed by atoms with E-state index in [4.69, 9.17) is 42.5 Å². The Balaban J connectivity index is 0.000000192. The van der Waals surface area contributed by atoms with Gasteiger partial charge in [-0.05, 0) is 79.9 Å². The van der Waals surface area contributed by atoms with Gasteiger partial charge in [-0.1, -0.05) is 66.5 Å². The van der Waals surface area contributed by atoms with Crippen LogP contribution < -0.4 is 4.74 Å². The second kappa shape index (κ2) is 19.0. The number of hydrogen-bond acceptors (Lipinski definition) is 8. The van der Waals surface area contributed by atoms with Gasteiger partial charge in [0.15, 0.2) is 0 Å². The number of carbonyl (C=O) groups excluding carboxylic acids is 4. The summed E-state index contributed by atoms with van der Waals surface area (Å²) >= 11 is 11.6. The van der Waals surface area contributed by atoms with Crippen molar-refractivity contribution in [3.8, 4) is 11.5 Å². The quantitative estimate of drug-likeness (QED) is 0.118. The average molecular weight is 736 g/mol. The Morgan fingerprint density at radius 2 is 1.00 bits per heavy atom. The number of carbonyl (C=O) groups is 4. The van der Waals surface area contributed by atoms with Gasteiger partial charge < -0.3 is 19.3 Å². The maximum Gasteiger partial charge on any atom is 0.261 e. The third kappa shape index (κ3) is 10.4. The molecule has 10 nitrogen and oxygen atoms in total. The highest BCUT2D eigenvalue weighted by atomic mass is 35.5. The fourth-order valence-electron chi connectivity index (χ4n) is 5.10. The van der Waals surface area contributed by atoms with Crippen LogP contribution in [0.5, 0.6) is 11.5 Å². The summed E-state index contributed by atoms with van der Waals surface area (Å²) in [7, 11) is 0. The lowest BCUT2D eigenvalue weighted by atomic mass is 10.1. The lowest BCUT2D eigenvalue weighted by molar-refractivity contribution is 0.0525. The number of hydrogen-bond donors (Lipinski definition) is 1. The summed E-state index contributed by atoms with van der Waals surface area (Å²) in [6.45, 7) is 8.42. The molecule has 0 atom stereocenters. The molecule has 2 aliphatic rings. The first-order valence-corrected chi connectivity index (χ1v) is 17.2. The van der Waals surface area contributed by atoms with Crippen molar-refractivity contribution in [3.05, 3.63) is 128 Å². The molecule has 51 heavy (non-hydrogen) atoms. The van der Waals surface area contributed by atoms with Gasteiger partial charge in [-0.15, -0.1) is 0 Å². The molecule has 0 spiro atoms. The summed E-state index contributed by atoms with van der Waals surface area (Å²) in [6.07, 6.45) is 0.933. The molecule has 6 rings (SSSR count). The van der Waals surface area contributed by atoms with Crippen LogP contribution in [0.2, 0.25) is 10.0 Å². The van der Waals surface area contributed by atoms with E-state index in [2.05, 4.69) is 0 Å². The molecule has 2 aliphatic heterocycles. The first-order valence-electron chi connectivity index (χ1n) is 16.4. The molecule has 0 aromatic heterocycles. The van der Waals surface area contributed by atoms with Gasteiger partial charge in [0, 0.05) is 6.61 Å². The van der Waals surface area contributed by atoms with Gasteiger partial charge in [0.1, 0.15) is 18.1 Å². The van der Waals surface area contributed by atoms with Gasteiger partial charge in [-0.25, -0.2) is 0 Å². The number of nitrogens with zero attached hydrogens (tertiary/aromatic N) is 2. The molecule has 0 aliphatic carbocycles. The number of phenols is 1. The standard InChI is InChI=1S/C19H18ClNO4.C13H15NO3.C7H7ClO/c1-13-6-7-16(20)17(12-13)25-11-10-24-9-8-21-18(22)14-4-2-3-5-15(14)19(21)23;1-2-8-17-9-7-14-12(15)10-5-3-4-6-11(10)13(14)16;1-5-2-3-6(8)7(9)4-5/h2-7,12H,8-11H2,1H3;3-6H,2,7-9H2,1H3;2-4,9H,1H3. The molecule has 0 saturated carbocycles. The summed E-state index contributed by atoms with van der Waals surface area (Å²) in [5, 5.41) is 9.92. The Hall–Kier alpha value is -4.74. The van der Waals surface area contributed by atoms with Crippen LogP contribution in [0.25, 0.3) is 0 Å². The summed E-state index contributed by atoms with van der Waals surface area (Å²) in [5.74, 6) is -0.210. The predicted octanol–water partition coefficient (Wildman–Crippen LogP) is 7.40. The van der Waals surface area contributed by atoms with E-state index in [0.717, 1.165) is 17.5 Å². The lowest BCUT2D eigenvalue weighted by Gasteiger charge is -2.14. The van der Waals surface area contributed by atoms with Crippen molar-refractivity contribution in [2.24, 2.45) is 0 Å². The zero-order valence-corrected chi connectivity index (χ0v) is 30.2. The summed E-state index contributed by atoms with van der Waals surface area (Å²) < 4.78 is 16.3. The first-order chi connectivity index (χ1) is 24.5. The van der Waals surface area contributed by atoms with Gasteiger partial charge in [0.25, 0.3) is 23.6 Å². The highest BCUT2D eigenvalue weighted by Crippen LogP contribution is 2.26. The normalized spacial score (nSPS) is 13.0. The fourth-order valence-corrected chi connectivity index (χ4v) is 5.39. The zero-order chi connectivity index (χ0) is 36.9. The smallest absolute Gasteiger partial charge is 0.261 e. The Morgan fingerprint density at radius 1 is 0.569 bits per heavy atom. The highest BCUT2D eigenvalue weighted by Gasteiger charge is 2.35. The number of amides is 4. The van der Waals surface area contributed by atoms with E-state index in [0.29, 0.717) is 71.0 Å². The van der Waals surface area contributed by atoms with E-state index >= 15 is 0 Å². The molecule has 0 unspecified atom stereocenters. The van der Waals surface area contributed by atoms with E-state index < -0.39 is 0 Å². The minimum Gasteiger partial charge on any atom is -0.506 e. The Morgan fingerprint density at radius 3 is 1.43 bits per heavy atom. The highest BCUT2D eigenvalue weighted by molar-refractivity contribution is 6.32. The summed E-state index contributed by atoms with van der Waals surface area (Å²) in [6, 6.07) is 24.4.